The number of aromatic amines is 1. The van der Waals surface area contributed by atoms with Gasteiger partial charge < -0.3 is 4.74 Å². The molecule has 0 aliphatic carbocycles. The molecule has 0 amide bonds. The lowest BCUT2D eigenvalue weighted by Gasteiger charge is -2.02. The van der Waals surface area contributed by atoms with E-state index in [1.165, 1.54) is 0 Å². The minimum Gasteiger partial charge on any atom is -0.461 e. The molecule has 0 aliphatic heterocycles. The monoisotopic (exact) mass is 329 g/mol. The number of ether oxygens (including phenoxy) is 1. The van der Waals surface area contributed by atoms with Gasteiger partial charge in [-0.2, -0.15) is 10.3 Å². The quantitative estimate of drug-likeness (QED) is 0.878. The molecule has 0 saturated heterocycles. The van der Waals surface area contributed by atoms with Crippen LogP contribution in [0.4, 0.5) is 0 Å². The molecule has 94 valence electrons. The lowest BCUT2D eigenvalue weighted by molar-refractivity contribution is 0.0520. The van der Waals surface area contributed by atoms with E-state index in [0.29, 0.717) is 10.7 Å². The highest BCUT2D eigenvalue weighted by Crippen LogP contribution is 2.29. The zero-order valence-electron chi connectivity index (χ0n) is 9.41. The van der Waals surface area contributed by atoms with Crippen LogP contribution < -0.4 is 0 Å². The summed E-state index contributed by atoms with van der Waals surface area (Å²) in [5.74, 6) is -0.507. The summed E-state index contributed by atoms with van der Waals surface area (Å²) in [7, 11) is 0. The van der Waals surface area contributed by atoms with E-state index < -0.39 is 5.97 Å². The minimum absolute atomic E-state index is 0.158. The molecule has 0 saturated carbocycles. The second kappa shape index (κ2) is 5.49. The van der Waals surface area contributed by atoms with Crippen LogP contribution in [0.1, 0.15) is 17.4 Å². The third-order valence-corrected chi connectivity index (χ3v) is 3.42. The summed E-state index contributed by atoms with van der Waals surface area (Å²) in [5, 5.41) is 10.8. The number of hydrogen-bond donors (Lipinski definition) is 1. The van der Waals surface area contributed by atoms with Gasteiger partial charge in [0.15, 0.2) is 5.69 Å². The van der Waals surface area contributed by atoms with Crippen molar-refractivity contribution in [1.29, 1.82) is 0 Å². The maximum Gasteiger partial charge on any atom is 0.361 e. The molecule has 0 spiro atoms. The highest BCUT2D eigenvalue weighted by molar-refractivity contribution is 9.10. The predicted molar refractivity (Wildman–Crippen MR) is 70.5 cm³/mol. The smallest absolute Gasteiger partial charge is 0.361 e. The Morgan fingerprint density at radius 2 is 2.28 bits per heavy atom. The third-order valence-electron chi connectivity index (χ3n) is 2.21. The second-order valence-corrected chi connectivity index (χ2v) is 4.63. The van der Waals surface area contributed by atoms with Gasteiger partial charge in [-0.3, -0.25) is 0 Å². The average Bonchev–Trinajstić information content (AvgIpc) is 2.82. The Labute approximate surface area is 117 Å². The summed E-state index contributed by atoms with van der Waals surface area (Å²) in [6, 6.07) is 5.24. The molecule has 0 aliphatic rings. The van der Waals surface area contributed by atoms with Crippen LogP contribution in [0.25, 0.3) is 11.3 Å². The minimum atomic E-state index is -0.507. The Balaban J connectivity index is 2.42. The van der Waals surface area contributed by atoms with Crippen molar-refractivity contribution in [3.05, 3.63) is 33.4 Å². The van der Waals surface area contributed by atoms with Crippen molar-refractivity contribution in [2.45, 2.75) is 6.92 Å². The highest BCUT2D eigenvalue weighted by atomic mass is 79.9. The van der Waals surface area contributed by atoms with Gasteiger partial charge in [0.2, 0.25) is 0 Å². The molecular weight excluding hydrogens is 321 g/mol. The standard InChI is InChI=1S/C11H9BrClN3O2/c1-2-18-11(17)10-9(14-16-15-10)6-3-4-8(13)7(12)5-6/h3-5H,2H2,1H3,(H,14,15,16). The maximum atomic E-state index is 11.7. The fourth-order valence-electron chi connectivity index (χ4n) is 1.42. The predicted octanol–water partition coefficient (Wildman–Crippen LogP) is 3.06. The van der Waals surface area contributed by atoms with E-state index in [9.17, 15) is 4.79 Å². The van der Waals surface area contributed by atoms with Crippen molar-refractivity contribution in [2.75, 3.05) is 6.61 Å². The number of esters is 1. The molecule has 1 aromatic carbocycles. The number of carbonyl (C=O) groups excluding carboxylic acids is 1. The molecule has 1 N–H and O–H groups in total. The molecule has 1 aromatic heterocycles. The summed E-state index contributed by atoms with van der Waals surface area (Å²) < 4.78 is 5.62. The molecule has 5 nitrogen and oxygen atoms in total. The van der Waals surface area contributed by atoms with Crippen LogP contribution in [0.3, 0.4) is 0 Å². The van der Waals surface area contributed by atoms with Crippen LogP contribution in [0.2, 0.25) is 5.02 Å². The average molecular weight is 331 g/mol. The molecule has 0 radical (unpaired) electrons. The van der Waals surface area contributed by atoms with Crippen LogP contribution in [0.5, 0.6) is 0 Å². The number of nitrogens with one attached hydrogen (secondary N) is 1. The van der Waals surface area contributed by atoms with E-state index in [0.717, 1.165) is 10.0 Å². The molecular formula is C11H9BrClN3O2. The molecule has 7 heteroatoms. The van der Waals surface area contributed by atoms with E-state index in [1.54, 1.807) is 25.1 Å². The first-order valence-corrected chi connectivity index (χ1v) is 6.34. The number of hydrogen-bond acceptors (Lipinski definition) is 4. The van der Waals surface area contributed by atoms with Gasteiger partial charge in [-0.25, -0.2) is 4.79 Å². The Kier molecular flexibility index (Phi) is 3.98. The topological polar surface area (TPSA) is 67.9 Å². The fourth-order valence-corrected chi connectivity index (χ4v) is 1.91. The first-order chi connectivity index (χ1) is 8.63. The molecule has 1 heterocycles. The van der Waals surface area contributed by atoms with Crippen LogP contribution in [0.15, 0.2) is 22.7 Å². The number of carbonyl (C=O) groups is 1. The van der Waals surface area contributed by atoms with E-state index in [-0.39, 0.29) is 12.3 Å². The number of aromatic nitrogens is 3. The number of H-pyrrole nitrogens is 1. The van der Waals surface area contributed by atoms with Crippen molar-refractivity contribution in [1.82, 2.24) is 15.4 Å². The van der Waals surface area contributed by atoms with Gasteiger partial charge in [-0.15, -0.1) is 5.10 Å². The summed E-state index contributed by atoms with van der Waals surface area (Å²) in [4.78, 5) is 11.7. The van der Waals surface area contributed by atoms with Crippen molar-refractivity contribution >= 4 is 33.5 Å². The van der Waals surface area contributed by atoms with Gasteiger partial charge in [-0.05, 0) is 35.0 Å². The molecule has 18 heavy (non-hydrogen) atoms. The number of halogens is 2. The lowest BCUT2D eigenvalue weighted by Crippen LogP contribution is -2.06. The molecule has 0 fully saturated rings. The van der Waals surface area contributed by atoms with Gasteiger partial charge in [-0.1, -0.05) is 17.7 Å². The first kappa shape index (κ1) is 13.0. The van der Waals surface area contributed by atoms with Crippen molar-refractivity contribution in [3.63, 3.8) is 0 Å². The maximum absolute atomic E-state index is 11.7. The summed E-state index contributed by atoms with van der Waals surface area (Å²) in [6.45, 7) is 2.02. The Morgan fingerprint density at radius 1 is 1.50 bits per heavy atom. The number of nitrogens with zero attached hydrogens (tertiary/aromatic N) is 2. The van der Waals surface area contributed by atoms with Gasteiger partial charge in [0.05, 0.1) is 11.6 Å². The molecule has 0 bridgehead atoms. The largest absolute Gasteiger partial charge is 0.461 e. The molecule has 0 unspecified atom stereocenters. The second-order valence-electron chi connectivity index (χ2n) is 3.37. The van der Waals surface area contributed by atoms with Gasteiger partial charge in [0.1, 0.15) is 5.69 Å². The van der Waals surface area contributed by atoms with E-state index >= 15 is 0 Å². The Bertz CT molecular complexity index is 585. The Morgan fingerprint density at radius 3 is 2.94 bits per heavy atom. The van der Waals surface area contributed by atoms with Crippen molar-refractivity contribution in [2.24, 2.45) is 0 Å². The van der Waals surface area contributed by atoms with Crippen LogP contribution in [0, 0.1) is 0 Å². The van der Waals surface area contributed by atoms with Gasteiger partial charge >= 0.3 is 5.97 Å². The summed E-state index contributed by atoms with van der Waals surface area (Å²) >= 11 is 9.23. The SMILES string of the molecule is CCOC(=O)c1n[nH]nc1-c1ccc(Cl)c(Br)c1. The molecule has 2 aromatic rings. The third kappa shape index (κ3) is 2.54. The fraction of sp³-hybridized carbons (Fsp3) is 0.182. The van der Waals surface area contributed by atoms with E-state index in [2.05, 4.69) is 31.3 Å². The number of benzene rings is 1. The normalized spacial score (nSPS) is 10.4. The number of rotatable bonds is 3. The highest BCUT2D eigenvalue weighted by Gasteiger charge is 2.19. The first-order valence-electron chi connectivity index (χ1n) is 5.16. The lowest BCUT2D eigenvalue weighted by atomic mass is 10.1. The zero-order valence-corrected chi connectivity index (χ0v) is 11.7. The summed E-state index contributed by atoms with van der Waals surface area (Å²) in [6.07, 6.45) is 0. The zero-order chi connectivity index (χ0) is 13.1. The Hall–Kier alpha value is -1.40. The van der Waals surface area contributed by atoms with Gasteiger partial charge in [0.25, 0.3) is 0 Å². The van der Waals surface area contributed by atoms with Crippen molar-refractivity contribution < 1.29 is 9.53 Å². The summed E-state index contributed by atoms with van der Waals surface area (Å²) in [5.41, 5.74) is 1.32. The van der Waals surface area contributed by atoms with E-state index in [4.69, 9.17) is 16.3 Å². The molecule has 2 rings (SSSR count). The van der Waals surface area contributed by atoms with E-state index in [1.807, 2.05) is 0 Å². The van der Waals surface area contributed by atoms with Crippen LogP contribution in [-0.4, -0.2) is 28.0 Å². The van der Waals surface area contributed by atoms with Gasteiger partial charge in [0, 0.05) is 10.0 Å². The van der Waals surface area contributed by atoms with Crippen LogP contribution >= 0.6 is 27.5 Å². The molecule has 0 atom stereocenters. The van der Waals surface area contributed by atoms with Crippen molar-refractivity contribution in [3.8, 4) is 11.3 Å². The van der Waals surface area contributed by atoms with Crippen LogP contribution in [-0.2, 0) is 4.74 Å².